The van der Waals surface area contributed by atoms with Crippen LogP contribution < -0.4 is 10.5 Å². The topological polar surface area (TPSA) is 35.2 Å². The second-order valence-corrected chi connectivity index (χ2v) is 6.67. The normalized spacial score (nSPS) is 13.7. The molecule has 0 aliphatic carbocycles. The van der Waals surface area contributed by atoms with Crippen LogP contribution in [0.1, 0.15) is 29.7 Å². The van der Waals surface area contributed by atoms with Crippen LogP contribution in [0.4, 0.5) is 0 Å². The van der Waals surface area contributed by atoms with Crippen molar-refractivity contribution in [3.05, 3.63) is 65.2 Å². The zero-order valence-corrected chi connectivity index (χ0v) is 13.7. The maximum Gasteiger partial charge on any atom is 0.118 e. The van der Waals surface area contributed by atoms with E-state index in [-0.39, 0.29) is 6.04 Å². The molecule has 0 radical (unpaired) electrons. The summed E-state index contributed by atoms with van der Waals surface area (Å²) in [6.45, 7) is 4.32. The van der Waals surface area contributed by atoms with Gasteiger partial charge in [0.2, 0.25) is 0 Å². The summed E-state index contributed by atoms with van der Waals surface area (Å²) < 4.78 is 5.18. The average molecular weight is 301 g/mol. The molecule has 0 aromatic heterocycles. The lowest BCUT2D eigenvalue weighted by molar-refractivity contribution is 0.414. The first-order valence-electron chi connectivity index (χ1n) is 7.17. The quantitative estimate of drug-likeness (QED) is 0.862. The molecular weight excluding hydrogens is 278 g/mol. The molecule has 3 heteroatoms. The first kappa shape index (κ1) is 15.9. The van der Waals surface area contributed by atoms with E-state index in [1.54, 1.807) is 7.11 Å². The third kappa shape index (κ3) is 4.51. The highest BCUT2D eigenvalue weighted by molar-refractivity contribution is 7.99. The number of methoxy groups -OCH3 is 1. The molecule has 2 nitrogen and oxygen atoms in total. The molecule has 2 aromatic rings. The summed E-state index contributed by atoms with van der Waals surface area (Å²) in [6, 6.07) is 16.7. The van der Waals surface area contributed by atoms with Gasteiger partial charge in [0.1, 0.15) is 5.75 Å². The van der Waals surface area contributed by atoms with Crippen molar-refractivity contribution < 1.29 is 4.74 Å². The summed E-state index contributed by atoms with van der Waals surface area (Å²) in [5.41, 5.74) is 10.2. The number of benzene rings is 2. The van der Waals surface area contributed by atoms with Crippen LogP contribution in [-0.2, 0) is 5.75 Å². The Morgan fingerprint density at radius 3 is 2.48 bits per heavy atom. The van der Waals surface area contributed by atoms with E-state index in [0.717, 1.165) is 17.1 Å². The second-order valence-electron chi connectivity index (χ2n) is 5.30. The van der Waals surface area contributed by atoms with Gasteiger partial charge in [-0.15, -0.1) is 0 Å². The van der Waals surface area contributed by atoms with Crippen molar-refractivity contribution in [3.8, 4) is 5.75 Å². The Balaban J connectivity index is 1.93. The van der Waals surface area contributed by atoms with E-state index in [1.807, 2.05) is 36.0 Å². The summed E-state index contributed by atoms with van der Waals surface area (Å²) >= 11 is 1.89. The minimum Gasteiger partial charge on any atom is -0.497 e. The molecule has 0 fully saturated rings. The molecule has 0 spiro atoms. The molecule has 2 aromatic carbocycles. The Morgan fingerprint density at radius 2 is 1.86 bits per heavy atom. The molecule has 0 saturated heterocycles. The van der Waals surface area contributed by atoms with Gasteiger partial charge in [-0.25, -0.2) is 0 Å². The number of ether oxygens (including phenoxy) is 1. The molecule has 0 heterocycles. The molecule has 2 atom stereocenters. The first-order valence-corrected chi connectivity index (χ1v) is 8.21. The monoisotopic (exact) mass is 301 g/mol. The van der Waals surface area contributed by atoms with Gasteiger partial charge in [-0.2, -0.15) is 11.8 Å². The highest BCUT2D eigenvalue weighted by Crippen LogP contribution is 2.28. The molecule has 0 aliphatic rings. The number of hydrogen-bond acceptors (Lipinski definition) is 3. The van der Waals surface area contributed by atoms with Gasteiger partial charge in [0.15, 0.2) is 0 Å². The summed E-state index contributed by atoms with van der Waals surface area (Å²) in [7, 11) is 1.68. The summed E-state index contributed by atoms with van der Waals surface area (Å²) in [5.74, 6) is 1.86. The summed E-state index contributed by atoms with van der Waals surface area (Å²) in [6.07, 6.45) is 0. The van der Waals surface area contributed by atoms with Crippen molar-refractivity contribution in [2.75, 3.05) is 7.11 Å². The lowest BCUT2D eigenvalue weighted by Crippen LogP contribution is -2.21. The lowest BCUT2D eigenvalue weighted by atomic mass is 10.1. The van der Waals surface area contributed by atoms with E-state index in [4.69, 9.17) is 10.5 Å². The summed E-state index contributed by atoms with van der Waals surface area (Å²) in [5, 5.41) is 0.360. The van der Waals surface area contributed by atoms with Crippen LogP contribution in [0, 0.1) is 6.92 Å². The van der Waals surface area contributed by atoms with Gasteiger partial charge >= 0.3 is 0 Å². The van der Waals surface area contributed by atoms with Crippen molar-refractivity contribution in [3.63, 3.8) is 0 Å². The van der Waals surface area contributed by atoms with E-state index in [9.17, 15) is 0 Å². The molecule has 0 bridgehead atoms. The SMILES string of the molecule is COc1ccc(C(N)C(C)SCc2cccc(C)c2)cc1. The highest BCUT2D eigenvalue weighted by Gasteiger charge is 2.15. The lowest BCUT2D eigenvalue weighted by Gasteiger charge is -2.20. The third-order valence-corrected chi connectivity index (χ3v) is 4.92. The maximum absolute atomic E-state index is 6.36. The van der Waals surface area contributed by atoms with Crippen molar-refractivity contribution >= 4 is 11.8 Å². The molecule has 0 aliphatic heterocycles. The van der Waals surface area contributed by atoms with E-state index >= 15 is 0 Å². The Labute approximate surface area is 131 Å². The fourth-order valence-corrected chi connectivity index (χ4v) is 3.23. The maximum atomic E-state index is 6.36. The van der Waals surface area contributed by atoms with Crippen LogP contribution in [0.2, 0.25) is 0 Å². The first-order chi connectivity index (χ1) is 10.1. The van der Waals surface area contributed by atoms with Gasteiger partial charge in [-0.1, -0.05) is 48.9 Å². The second kappa shape index (κ2) is 7.53. The molecule has 2 rings (SSSR count). The largest absolute Gasteiger partial charge is 0.497 e. The molecular formula is C18H23NOS. The van der Waals surface area contributed by atoms with Gasteiger partial charge in [0.05, 0.1) is 7.11 Å². The highest BCUT2D eigenvalue weighted by atomic mass is 32.2. The molecule has 112 valence electrons. The van der Waals surface area contributed by atoms with E-state index in [1.165, 1.54) is 11.1 Å². The van der Waals surface area contributed by atoms with Crippen LogP contribution in [0.3, 0.4) is 0 Å². The molecule has 2 N–H and O–H groups in total. The fourth-order valence-electron chi connectivity index (χ4n) is 2.23. The number of nitrogens with two attached hydrogens (primary N) is 1. The Morgan fingerprint density at radius 1 is 1.14 bits per heavy atom. The Hall–Kier alpha value is -1.45. The standard InChI is InChI=1S/C18H23NOS/c1-13-5-4-6-15(11-13)12-21-14(2)18(19)16-7-9-17(20-3)10-8-16/h4-11,14,18H,12,19H2,1-3H3. The van der Waals surface area contributed by atoms with Crippen LogP contribution in [0.5, 0.6) is 5.75 Å². The van der Waals surface area contributed by atoms with Gasteiger partial charge < -0.3 is 10.5 Å². The minimum atomic E-state index is 0.0331. The Kier molecular flexibility index (Phi) is 5.71. The van der Waals surface area contributed by atoms with Crippen molar-refractivity contribution in [1.82, 2.24) is 0 Å². The minimum absolute atomic E-state index is 0.0331. The van der Waals surface area contributed by atoms with Gasteiger partial charge in [0, 0.05) is 17.0 Å². The average Bonchev–Trinajstić information content (AvgIpc) is 2.52. The zero-order chi connectivity index (χ0) is 15.2. The van der Waals surface area contributed by atoms with E-state index in [2.05, 4.69) is 38.1 Å². The predicted molar refractivity (Wildman–Crippen MR) is 91.9 cm³/mol. The number of rotatable bonds is 6. The van der Waals surface area contributed by atoms with Crippen molar-refractivity contribution in [2.24, 2.45) is 5.73 Å². The van der Waals surface area contributed by atoms with Gasteiger partial charge in [0.25, 0.3) is 0 Å². The van der Waals surface area contributed by atoms with Crippen LogP contribution in [0.25, 0.3) is 0 Å². The zero-order valence-electron chi connectivity index (χ0n) is 12.9. The van der Waals surface area contributed by atoms with E-state index in [0.29, 0.717) is 5.25 Å². The predicted octanol–water partition coefficient (Wildman–Crippen LogP) is 4.33. The molecule has 0 saturated carbocycles. The van der Waals surface area contributed by atoms with Crippen molar-refractivity contribution in [1.29, 1.82) is 0 Å². The number of thioether (sulfide) groups is 1. The van der Waals surface area contributed by atoms with Crippen molar-refractivity contribution in [2.45, 2.75) is 30.9 Å². The summed E-state index contributed by atoms with van der Waals surface area (Å²) in [4.78, 5) is 0. The number of aryl methyl sites for hydroxylation is 1. The fraction of sp³-hybridized carbons (Fsp3) is 0.333. The Bertz CT molecular complexity index is 568. The van der Waals surface area contributed by atoms with Gasteiger partial charge in [-0.3, -0.25) is 0 Å². The third-order valence-electron chi connectivity index (χ3n) is 3.60. The van der Waals surface area contributed by atoms with E-state index < -0.39 is 0 Å². The smallest absolute Gasteiger partial charge is 0.118 e. The van der Waals surface area contributed by atoms with Crippen LogP contribution in [-0.4, -0.2) is 12.4 Å². The molecule has 2 unspecified atom stereocenters. The van der Waals surface area contributed by atoms with Gasteiger partial charge in [-0.05, 0) is 30.2 Å². The molecule has 0 amide bonds. The number of hydrogen-bond donors (Lipinski definition) is 1. The molecule has 21 heavy (non-hydrogen) atoms. The van der Waals surface area contributed by atoms with Crippen LogP contribution in [0.15, 0.2) is 48.5 Å². The van der Waals surface area contributed by atoms with Crippen LogP contribution >= 0.6 is 11.8 Å².